The summed E-state index contributed by atoms with van der Waals surface area (Å²) in [5, 5.41) is 11.7. The molecule has 0 bridgehead atoms. The summed E-state index contributed by atoms with van der Waals surface area (Å²) in [6, 6.07) is 0.166. The molecule has 218 valence electrons. The molecule has 0 spiro atoms. The standard InChI is InChI=1S/C27H54N4O5S/c1-22(2)7-6-8-26-19-25(11-18-37(26,34)35)31(28-20-27(33)30-14-16-36-17-15-30)13-10-23(3)9-12-29(5)21-24(4)32/h7,23-26,28,32,34-35H,6,8-21H2,1-5H3/t23-,24-,25-,26?/m1/s1. The van der Waals surface area contributed by atoms with Gasteiger partial charge >= 0.3 is 0 Å². The van der Waals surface area contributed by atoms with E-state index >= 15 is 0 Å². The van der Waals surface area contributed by atoms with Crippen LogP contribution in [0, 0.1) is 5.92 Å². The number of rotatable bonds is 15. The Morgan fingerprint density at radius 2 is 1.86 bits per heavy atom. The van der Waals surface area contributed by atoms with E-state index in [0.29, 0.717) is 50.9 Å². The lowest BCUT2D eigenvalue weighted by molar-refractivity contribution is -0.135. The molecule has 0 saturated carbocycles. The third-order valence-corrected chi connectivity index (χ3v) is 9.87. The molecule has 2 fully saturated rings. The van der Waals surface area contributed by atoms with Gasteiger partial charge in [-0.2, -0.15) is 10.6 Å². The van der Waals surface area contributed by atoms with Gasteiger partial charge in [0.25, 0.3) is 0 Å². The zero-order valence-electron chi connectivity index (χ0n) is 23.9. The number of amides is 1. The van der Waals surface area contributed by atoms with Gasteiger partial charge in [-0.05, 0) is 78.8 Å². The highest BCUT2D eigenvalue weighted by Gasteiger charge is 2.36. The third-order valence-electron chi connectivity index (χ3n) is 7.54. The van der Waals surface area contributed by atoms with E-state index in [1.165, 1.54) is 5.57 Å². The minimum atomic E-state index is -2.59. The quantitative estimate of drug-likeness (QED) is 0.183. The Hall–Kier alpha value is -0.720. The number of allylic oxidation sites excluding steroid dienone is 2. The lowest BCUT2D eigenvalue weighted by atomic mass is 10.0. The predicted octanol–water partition coefficient (Wildman–Crippen LogP) is 3.41. The molecule has 2 rings (SSSR count). The lowest BCUT2D eigenvalue weighted by Crippen LogP contribution is -2.54. The summed E-state index contributed by atoms with van der Waals surface area (Å²) in [6.45, 7) is 13.3. The number of carbonyl (C=O) groups excluding carboxylic acids is 1. The van der Waals surface area contributed by atoms with E-state index in [9.17, 15) is 19.0 Å². The van der Waals surface area contributed by atoms with Crippen molar-refractivity contribution in [1.29, 1.82) is 0 Å². The van der Waals surface area contributed by atoms with Crippen molar-refractivity contribution in [3.05, 3.63) is 11.6 Å². The second-order valence-corrected chi connectivity index (χ2v) is 13.9. The maximum Gasteiger partial charge on any atom is 0.238 e. The number of carbonyl (C=O) groups is 1. The van der Waals surface area contributed by atoms with E-state index in [2.05, 4.69) is 42.2 Å². The summed E-state index contributed by atoms with van der Waals surface area (Å²) in [7, 11) is -0.553. The molecule has 2 heterocycles. The molecular weight excluding hydrogens is 492 g/mol. The van der Waals surface area contributed by atoms with Crippen LogP contribution in [0.1, 0.15) is 66.2 Å². The average molecular weight is 547 g/mol. The number of hydrazine groups is 1. The van der Waals surface area contributed by atoms with Gasteiger partial charge in [-0.15, -0.1) is 0 Å². The number of hydrogen-bond acceptors (Lipinski definition) is 8. The predicted molar refractivity (Wildman–Crippen MR) is 153 cm³/mol. The summed E-state index contributed by atoms with van der Waals surface area (Å²) < 4.78 is 26.9. The molecule has 0 aromatic carbocycles. The molecule has 1 unspecified atom stereocenters. The molecule has 1 amide bonds. The Kier molecular flexibility index (Phi) is 14.4. The molecule has 0 aliphatic carbocycles. The van der Waals surface area contributed by atoms with E-state index in [-0.39, 0.29) is 29.8 Å². The van der Waals surface area contributed by atoms with E-state index in [1.807, 2.05) is 18.9 Å². The Morgan fingerprint density at radius 1 is 1.19 bits per heavy atom. The van der Waals surface area contributed by atoms with Crippen molar-refractivity contribution in [2.45, 2.75) is 83.6 Å². The van der Waals surface area contributed by atoms with Crippen LogP contribution in [-0.2, 0) is 9.53 Å². The number of hydrogen-bond donors (Lipinski definition) is 4. The second kappa shape index (κ2) is 16.4. The van der Waals surface area contributed by atoms with Gasteiger partial charge in [-0.25, -0.2) is 10.4 Å². The van der Waals surface area contributed by atoms with E-state index in [4.69, 9.17) is 4.74 Å². The van der Waals surface area contributed by atoms with Crippen LogP contribution in [0.25, 0.3) is 0 Å². The summed E-state index contributed by atoms with van der Waals surface area (Å²) in [6.07, 6.45) is 6.94. The molecule has 4 N–H and O–H groups in total. The van der Waals surface area contributed by atoms with Gasteiger partial charge in [0.15, 0.2) is 0 Å². The monoisotopic (exact) mass is 546 g/mol. The first-order valence-electron chi connectivity index (χ1n) is 14.1. The van der Waals surface area contributed by atoms with Crippen LogP contribution < -0.4 is 5.43 Å². The summed E-state index contributed by atoms with van der Waals surface area (Å²) in [5.74, 6) is 1.00. The van der Waals surface area contributed by atoms with Crippen LogP contribution in [0.2, 0.25) is 0 Å². The van der Waals surface area contributed by atoms with Crippen molar-refractivity contribution < 1.29 is 23.7 Å². The number of morpholine rings is 1. The van der Waals surface area contributed by atoms with Gasteiger partial charge in [0.1, 0.15) is 0 Å². The van der Waals surface area contributed by atoms with E-state index < -0.39 is 10.6 Å². The molecule has 10 heteroatoms. The largest absolute Gasteiger partial charge is 0.392 e. The zero-order valence-corrected chi connectivity index (χ0v) is 24.7. The Balaban J connectivity index is 1.99. The first kappa shape index (κ1) is 32.5. The van der Waals surface area contributed by atoms with Gasteiger partial charge in [0, 0.05) is 38.0 Å². The van der Waals surface area contributed by atoms with Crippen molar-refractivity contribution in [3.8, 4) is 0 Å². The van der Waals surface area contributed by atoms with Crippen LogP contribution in [0.4, 0.5) is 0 Å². The zero-order chi connectivity index (χ0) is 27.4. The van der Waals surface area contributed by atoms with Crippen molar-refractivity contribution in [2.24, 2.45) is 5.92 Å². The summed E-state index contributed by atoms with van der Waals surface area (Å²) in [4.78, 5) is 16.9. The topological polar surface area (TPSA) is 109 Å². The molecule has 0 aromatic heterocycles. The average Bonchev–Trinajstić information content (AvgIpc) is 2.83. The molecule has 2 aliphatic rings. The van der Waals surface area contributed by atoms with Gasteiger partial charge in [-0.3, -0.25) is 13.9 Å². The van der Waals surface area contributed by atoms with Crippen LogP contribution in [0.3, 0.4) is 0 Å². The van der Waals surface area contributed by atoms with Crippen LogP contribution in [0.5, 0.6) is 0 Å². The molecule has 2 saturated heterocycles. The van der Waals surface area contributed by atoms with E-state index in [1.54, 1.807) is 0 Å². The molecule has 0 radical (unpaired) electrons. The number of aliphatic hydroxyl groups is 1. The number of aliphatic hydroxyl groups excluding tert-OH is 1. The molecular formula is C27H54N4O5S. The van der Waals surface area contributed by atoms with Crippen LogP contribution in [-0.4, -0.2) is 118 Å². The maximum atomic E-state index is 12.8. The number of nitrogens with one attached hydrogen (secondary N) is 1. The normalized spacial score (nSPS) is 24.6. The number of ether oxygens (including phenoxy) is 1. The molecule has 4 atom stereocenters. The van der Waals surface area contributed by atoms with Gasteiger partial charge in [0.05, 0.1) is 31.1 Å². The highest BCUT2D eigenvalue weighted by atomic mass is 32.3. The van der Waals surface area contributed by atoms with Crippen LogP contribution >= 0.6 is 10.6 Å². The highest BCUT2D eigenvalue weighted by molar-refractivity contribution is 8.24. The van der Waals surface area contributed by atoms with Crippen molar-refractivity contribution in [3.63, 3.8) is 0 Å². The maximum absolute atomic E-state index is 12.8. The summed E-state index contributed by atoms with van der Waals surface area (Å²) in [5.41, 5.74) is 4.70. The molecule has 0 aromatic rings. The fourth-order valence-corrected chi connectivity index (χ4v) is 7.17. The second-order valence-electron chi connectivity index (χ2n) is 11.4. The summed E-state index contributed by atoms with van der Waals surface area (Å²) >= 11 is 0. The lowest BCUT2D eigenvalue weighted by Gasteiger charge is -2.49. The van der Waals surface area contributed by atoms with Gasteiger partial charge in [0.2, 0.25) is 5.91 Å². The van der Waals surface area contributed by atoms with E-state index in [0.717, 1.165) is 45.2 Å². The first-order chi connectivity index (χ1) is 17.5. The Labute approximate surface area is 226 Å². The number of likely N-dealkylation sites (N-methyl/N-ethyl adjacent to an activating group) is 1. The number of nitrogens with zero attached hydrogens (tertiary/aromatic N) is 3. The first-order valence-corrected chi connectivity index (χ1v) is 15.9. The molecule has 37 heavy (non-hydrogen) atoms. The van der Waals surface area contributed by atoms with Crippen molar-refractivity contribution >= 4 is 16.5 Å². The van der Waals surface area contributed by atoms with Gasteiger partial charge in [-0.1, -0.05) is 18.6 Å². The Bertz CT molecular complexity index is 698. The van der Waals surface area contributed by atoms with Crippen LogP contribution in [0.15, 0.2) is 11.6 Å². The smallest absolute Gasteiger partial charge is 0.238 e. The fraction of sp³-hybridized carbons (Fsp3) is 0.889. The molecule has 9 nitrogen and oxygen atoms in total. The van der Waals surface area contributed by atoms with Crippen molar-refractivity contribution in [1.82, 2.24) is 20.2 Å². The van der Waals surface area contributed by atoms with Crippen molar-refractivity contribution in [2.75, 3.05) is 65.3 Å². The Morgan fingerprint density at radius 3 is 2.51 bits per heavy atom. The minimum absolute atomic E-state index is 0.0845. The van der Waals surface area contributed by atoms with Gasteiger partial charge < -0.3 is 19.6 Å². The fourth-order valence-electron chi connectivity index (χ4n) is 5.17. The SMILES string of the molecule is CC(C)=CCCC1C[C@H](N(CC[C@H](C)CCN(C)C[C@@H](C)O)NCC(=O)N2CCOCC2)CCS1(O)O. The highest BCUT2D eigenvalue weighted by Crippen LogP contribution is 2.52. The molecule has 2 aliphatic heterocycles. The third kappa shape index (κ3) is 12.3. The minimum Gasteiger partial charge on any atom is -0.392 e.